The number of nitrogens with two attached hydrogens (primary N) is 1. The molecule has 1 rings (SSSR count). The summed E-state index contributed by atoms with van der Waals surface area (Å²) in [6, 6.07) is 4.62. The molecule has 0 aliphatic carbocycles. The van der Waals surface area contributed by atoms with E-state index in [1.807, 2.05) is 22.6 Å². The Morgan fingerprint density at radius 2 is 2.33 bits per heavy atom. The lowest BCUT2D eigenvalue weighted by atomic mass is 10.3. The number of nitro benzene ring substituents is 1. The van der Waals surface area contributed by atoms with Crippen molar-refractivity contribution in [1.82, 2.24) is 0 Å². The Labute approximate surface area is 105 Å². The zero-order chi connectivity index (χ0) is 11.4. The number of aliphatic imine (C=N–C) groups is 1. The second-order valence-corrected chi connectivity index (χ2v) is 4.06. The molecule has 0 saturated heterocycles. The quantitative estimate of drug-likeness (QED) is 0.229. The average Bonchev–Trinajstić information content (AvgIpc) is 2.20. The van der Waals surface area contributed by atoms with E-state index in [9.17, 15) is 10.1 Å². The maximum Gasteiger partial charge on any atom is 0.284 e. The highest BCUT2D eigenvalue weighted by molar-refractivity contribution is 14.1. The minimum Gasteiger partial charge on any atom is -0.386 e. The molecule has 7 heteroatoms. The standard InChI is InChI=1S/C8H7ClIN3O2/c9-4-8(11)12-5-1-2-6(10)7(3-5)13(14)15/h1-3H,4H2,(H2,11,12). The smallest absolute Gasteiger partial charge is 0.284 e. The summed E-state index contributed by atoms with van der Waals surface area (Å²) in [5.74, 6) is 0.326. The summed E-state index contributed by atoms with van der Waals surface area (Å²) in [6.45, 7) is 0. The van der Waals surface area contributed by atoms with E-state index < -0.39 is 4.92 Å². The van der Waals surface area contributed by atoms with Crippen molar-refractivity contribution in [3.63, 3.8) is 0 Å². The second kappa shape index (κ2) is 5.26. The third kappa shape index (κ3) is 3.31. The predicted octanol–water partition coefficient (Wildman–Crippen LogP) is 2.43. The Balaban J connectivity index is 3.13. The number of nitrogens with zero attached hydrogens (tertiary/aromatic N) is 2. The van der Waals surface area contributed by atoms with E-state index in [0.29, 0.717) is 9.26 Å². The molecule has 0 aliphatic rings. The van der Waals surface area contributed by atoms with Crippen molar-refractivity contribution in [1.29, 1.82) is 0 Å². The van der Waals surface area contributed by atoms with Crippen molar-refractivity contribution in [2.45, 2.75) is 0 Å². The van der Waals surface area contributed by atoms with Gasteiger partial charge in [0.1, 0.15) is 5.84 Å². The minimum absolute atomic E-state index is 0.0132. The largest absolute Gasteiger partial charge is 0.386 e. The molecule has 0 aromatic heterocycles. The van der Waals surface area contributed by atoms with Gasteiger partial charge in [0, 0.05) is 6.07 Å². The number of rotatable bonds is 3. The normalized spacial score (nSPS) is 11.5. The van der Waals surface area contributed by atoms with Crippen LogP contribution < -0.4 is 5.73 Å². The van der Waals surface area contributed by atoms with Crippen LogP contribution >= 0.6 is 34.2 Å². The highest BCUT2D eigenvalue weighted by atomic mass is 127. The van der Waals surface area contributed by atoms with Gasteiger partial charge in [0.25, 0.3) is 5.69 Å². The maximum atomic E-state index is 10.6. The first kappa shape index (κ1) is 12.2. The molecule has 15 heavy (non-hydrogen) atoms. The first-order chi connectivity index (χ1) is 7.04. The molecule has 0 fully saturated rings. The molecule has 0 atom stereocenters. The van der Waals surface area contributed by atoms with Gasteiger partial charge in [-0.2, -0.15) is 0 Å². The van der Waals surface area contributed by atoms with Crippen LogP contribution in [0.1, 0.15) is 0 Å². The summed E-state index contributed by atoms with van der Waals surface area (Å²) in [5, 5.41) is 10.6. The van der Waals surface area contributed by atoms with Gasteiger partial charge in [0.05, 0.1) is 20.1 Å². The number of nitro groups is 1. The summed E-state index contributed by atoms with van der Waals surface area (Å²) in [7, 11) is 0. The molecule has 0 bridgehead atoms. The number of benzene rings is 1. The van der Waals surface area contributed by atoms with E-state index in [2.05, 4.69) is 4.99 Å². The molecule has 0 spiro atoms. The number of amidine groups is 1. The third-order valence-electron chi connectivity index (χ3n) is 1.54. The van der Waals surface area contributed by atoms with Crippen LogP contribution in [0.3, 0.4) is 0 Å². The monoisotopic (exact) mass is 339 g/mol. The van der Waals surface area contributed by atoms with Gasteiger partial charge in [-0.1, -0.05) is 0 Å². The van der Waals surface area contributed by atoms with E-state index in [0.717, 1.165) is 0 Å². The van der Waals surface area contributed by atoms with Gasteiger partial charge >= 0.3 is 0 Å². The van der Waals surface area contributed by atoms with Crippen molar-refractivity contribution in [3.05, 3.63) is 31.9 Å². The fourth-order valence-corrected chi connectivity index (χ4v) is 1.50. The molecule has 80 valence electrons. The molecule has 1 aromatic rings. The first-order valence-corrected chi connectivity index (χ1v) is 5.49. The van der Waals surface area contributed by atoms with Gasteiger partial charge in [-0.15, -0.1) is 11.6 Å². The van der Waals surface area contributed by atoms with Gasteiger partial charge in [0.15, 0.2) is 0 Å². The molecule has 1 aromatic carbocycles. The number of hydrogen-bond acceptors (Lipinski definition) is 3. The summed E-state index contributed by atoms with van der Waals surface area (Å²) in [4.78, 5) is 14.1. The molecular weight excluding hydrogens is 332 g/mol. The Hall–Kier alpha value is -0.890. The van der Waals surface area contributed by atoms with Gasteiger partial charge in [-0.05, 0) is 34.7 Å². The van der Waals surface area contributed by atoms with Crippen LogP contribution in [0.5, 0.6) is 0 Å². The van der Waals surface area contributed by atoms with Crippen molar-refractivity contribution < 1.29 is 4.92 Å². The van der Waals surface area contributed by atoms with E-state index in [-0.39, 0.29) is 17.4 Å². The fourth-order valence-electron chi connectivity index (χ4n) is 0.906. The fraction of sp³-hybridized carbons (Fsp3) is 0.125. The zero-order valence-electron chi connectivity index (χ0n) is 7.48. The summed E-state index contributed by atoms with van der Waals surface area (Å²) in [6.07, 6.45) is 0. The lowest BCUT2D eigenvalue weighted by Crippen LogP contribution is -2.12. The van der Waals surface area contributed by atoms with Crippen molar-refractivity contribution in [2.24, 2.45) is 10.7 Å². The summed E-state index contributed by atoms with van der Waals surface area (Å²) < 4.78 is 0.556. The van der Waals surface area contributed by atoms with Crippen molar-refractivity contribution >= 4 is 51.4 Å². The van der Waals surface area contributed by atoms with Gasteiger partial charge < -0.3 is 5.73 Å². The van der Waals surface area contributed by atoms with Crippen LogP contribution in [-0.4, -0.2) is 16.6 Å². The van der Waals surface area contributed by atoms with Crippen LogP contribution in [0.15, 0.2) is 23.2 Å². The number of alkyl halides is 1. The van der Waals surface area contributed by atoms with E-state index in [4.69, 9.17) is 17.3 Å². The molecular formula is C8H7ClIN3O2. The van der Waals surface area contributed by atoms with E-state index in [1.54, 1.807) is 12.1 Å². The topological polar surface area (TPSA) is 81.5 Å². The number of hydrogen-bond donors (Lipinski definition) is 1. The van der Waals surface area contributed by atoms with Crippen LogP contribution in [0.2, 0.25) is 0 Å². The molecule has 0 saturated carbocycles. The van der Waals surface area contributed by atoms with Crippen molar-refractivity contribution in [3.8, 4) is 0 Å². The molecule has 0 amide bonds. The average molecular weight is 340 g/mol. The van der Waals surface area contributed by atoms with Gasteiger partial charge in [0.2, 0.25) is 0 Å². The van der Waals surface area contributed by atoms with Crippen molar-refractivity contribution in [2.75, 3.05) is 5.88 Å². The van der Waals surface area contributed by atoms with Gasteiger partial charge in [-0.3, -0.25) is 10.1 Å². The summed E-state index contributed by atoms with van der Waals surface area (Å²) in [5.41, 5.74) is 5.86. The Bertz CT molecular complexity index is 422. The minimum atomic E-state index is -0.461. The molecule has 0 aliphatic heterocycles. The van der Waals surface area contributed by atoms with Crippen LogP contribution in [0.4, 0.5) is 11.4 Å². The predicted molar refractivity (Wildman–Crippen MR) is 67.8 cm³/mol. The molecule has 2 N–H and O–H groups in total. The second-order valence-electron chi connectivity index (χ2n) is 2.63. The van der Waals surface area contributed by atoms with Crippen LogP contribution in [-0.2, 0) is 0 Å². The highest BCUT2D eigenvalue weighted by Crippen LogP contribution is 2.26. The van der Waals surface area contributed by atoms with Crippen LogP contribution in [0.25, 0.3) is 0 Å². The molecule has 0 unspecified atom stereocenters. The zero-order valence-corrected chi connectivity index (χ0v) is 10.4. The van der Waals surface area contributed by atoms with Gasteiger partial charge in [-0.25, -0.2) is 4.99 Å². The lowest BCUT2D eigenvalue weighted by Gasteiger charge is -1.98. The maximum absolute atomic E-state index is 10.6. The third-order valence-corrected chi connectivity index (χ3v) is 2.72. The van der Waals surface area contributed by atoms with Crippen LogP contribution in [0, 0.1) is 13.7 Å². The summed E-state index contributed by atoms with van der Waals surface area (Å²) >= 11 is 7.33. The first-order valence-electron chi connectivity index (χ1n) is 3.87. The molecule has 5 nitrogen and oxygen atoms in total. The molecule has 0 heterocycles. The molecule has 0 radical (unpaired) electrons. The SMILES string of the molecule is NC(CCl)=Nc1ccc(I)c([N+](=O)[O-])c1. The highest BCUT2D eigenvalue weighted by Gasteiger charge is 2.11. The number of halogens is 2. The lowest BCUT2D eigenvalue weighted by molar-refractivity contribution is -0.385. The van der Waals surface area contributed by atoms with E-state index >= 15 is 0 Å². The Kier molecular flexibility index (Phi) is 4.28. The van der Waals surface area contributed by atoms with E-state index in [1.165, 1.54) is 6.07 Å². The Morgan fingerprint density at radius 3 is 2.87 bits per heavy atom. The Morgan fingerprint density at radius 1 is 1.67 bits per heavy atom.